The molecule has 1 aromatic heterocycles. The SMILES string of the molecule is Cc1ccc2c(c1)[n+]([O-])c(-c1ccc(Cl)cc1)c([SH]1C=CC=C1)[n+]2[O-]. The number of nitrogens with zero attached hydrogens (tertiary/aromatic N) is 2. The molecule has 6 heteroatoms. The Morgan fingerprint density at radius 3 is 2.24 bits per heavy atom. The number of benzene rings is 2. The van der Waals surface area contributed by atoms with E-state index in [0.717, 1.165) is 15.0 Å². The van der Waals surface area contributed by atoms with Crippen LogP contribution in [0.5, 0.6) is 0 Å². The molecule has 0 saturated heterocycles. The van der Waals surface area contributed by atoms with E-state index in [1.54, 1.807) is 36.4 Å². The lowest BCUT2D eigenvalue weighted by Crippen LogP contribution is -2.42. The van der Waals surface area contributed by atoms with Crippen molar-refractivity contribution in [1.82, 2.24) is 0 Å². The van der Waals surface area contributed by atoms with Crippen molar-refractivity contribution in [2.45, 2.75) is 11.9 Å². The molecule has 0 radical (unpaired) electrons. The zero-order valence-corrected chi connectivity index (χ0v) is 15.0. The minimum atomic E-state index is -0.975. The minimum Gasteiger partial charge on any atom is -0.617 e. The van der Waals surface area contributed by atoms with Gasteiger partial charge in [-0.15, -0.1) is 15.6 Å². The van der Waals surface area contributed by atoms with E-state index < -0.39 is 10.9 Å². The summed E-state index contributed by atoms with van der Waals surface area (Å²) in [5, 5.41) is 31.3. The van der Waals surface area contributed by atoms with Crippen LogP contribution in [0.2, 0.25) is 5.02 Å². The smallest absolute Gasteiger partial charge is 0.313 e. The fourth-order valence-electron chi connectivity index (χ4n) is 2.95. The molecule has 4 rings (SSSR count). The first-order valence-corrected chi connectivity index (χ1v) is 9.61. The Kier molecular flexibility index (Phi) is 3.90. The Labute approximate surface area is 152 Å². The Morgan fingerprint density at radius 1 is 0.880 bits per heavy atom. The van der Waals surface area contributed by atoms with Gasteiger partial charge in [-0.1, -0.05) is 29.8 Å². The molecule has 0 spiro atoms. The summed E-state index contributed by atoms with van der Waals surface area (Å²) in [4.78, 5) is 0. The molecule has 0 unspecified atom stereocenters. The van der Waals surface area contributed by atoms with E-state index in [2.05, 4.69) is 0 Å². The Morgan fingerprint density at radius 2 is 1.56 bits per heavy atom. The normalized spacial score (nSPS) is 14.6. The van der Waals surface area contributed by atoms with Gasteiger partial charge in [-0.05, 0) is 47.6 Å². The molecule has 4 nitrogen and oxygen atoms in total. The summed E-state index contributed by atoms with van der Waals surface area (Å²) in [5.41, 5.74) is 2.74. The third-order valence-corrected chi connectivity index (χ3v) is 6.26. The number of thiol groups is 1. The van der Waals surface area contributed by atoms with E-state index in [-0.39, 0.29) is 0 Å². The number of hydrogen-bond donors (Lipinski definition) is 1. The predicted octanol–water partition coefficient (Wildman–Crippen LogP) is 4.14. The van der Waals surface area contributed by atoms with Crippen molar-refractivity contribution in [3.63, 3.8) is 0 Å². The first kappa shape index (κ1) is 16.0. The molecule has 0 saturated carbocycles. The van der Waals surface area contributed by atoms with E-state index in [0.29, 0.717) is 32.3 Å². The van der Waals surface area contributed by atoms with Gasteiger partial charge in [-0.2, -0.15) is 4.73 Å². The van der Waals surface area contributed by atoms with Gasteiger partial charge in [0.1, 0.15) is 0 Å². The molecule has 0 bridgehead atoms. The molecule has 25 heavy (non-hydrogen) atoms. The average Bonchev–Trinajstić information content (AvgIpc) is 3.13. The van der Waals surface area contributed by atoms with Gasteiger partial charge in [0.05, 0.1) is 5.56 Å². The fraction of sp³-hybridized carbons (Fsp3) is 0.0526. The van der Waals surface area contributed by atoms with Crippen LogP contribution in [0.1, 0.15) is 5.56 Å². The zero-order chi connectivity index (χ0) is 17.6. The molecule has 1 aliphatic rings. The highest BCUT2D eigenvalue weighted by molar-refractivity contribution is 8.22. The molecule has 3 aromatic rings. The maximum atomic E-state index is 13.2. The molecule has 0 fully saturated rings. The van der Waals surface area contributed by atoms with Crippen molar-refractivity contribution in [3.05, 3.63) is 86.4 Å². The second kappa shape index (κ2) is 6.10. The fourth-order valence-corrected chi connectivity index (χ4v) is 4.81. The van der Waals surface area contributed by atoms with Crippen LogP contribution < -0.4 is 9.46 Å². The third kappa shape index (κ3) is 2.65. The highest BCUT2D eigenvalue weighted by Crippen LogP contribution is 2.44. The van der Waals surface area contributed by atoms with Gasteiger partial charge in [0.15, 0.2) is 0 Å². The van der Waals surface area contributed by atoms with Crippen LogP contribution in [0.25, 0.3) is 22.3 Å². The number of allylic oxidation sites excluding steroid dienone is 2. The minimum absolute atomic E-state index is 0.367. The monoisotopic (exact) mass is 370 g/mol. The quantitative estimate of drug-likeness (QED) is 0.419. The van der Waals surface area contributed by atoms with Crippen LogP contribution in [-0.4, -0.2) is 0 Å². The largest absolute Gasteiger partial charge is 0.617 e. The van der Waals surface area contributed by atoms with Crippen LogP contribution >= 0.6 is 22.5 Å². The molecule has 0 N–H and O–H groups in total. The second-order valence-corrected chi connectivity index (χ2v) is 8.12. The number of hydrogen-bond acceptors (Lipinski definition) is 2. The molecule has 0 aliphatic carbocycles. The highest BCUT2D eigenvalue weighted by atomic mass is 35.5. The molecular weight excluding hydrogens is 356 g/mol. The van der Waals surface area contributed by atoms with E-state index in [4.69, 9.17) is 11.6 Å². The Balaban J connectivity index is 2.12. The van der Waals surface area contributed by atoms with Gasteiger partial charge < -0.3 is 10.4 Å². The van der Waals surface area contributed by atoms with Crippen LogP contribution in [0, 0.1) is 17.3 Å². The maximum Gasteiger partial charge on any atom is 0.313 e. The van der Waals surface area contributed by atoms with Crippen LogP contribution in [0.4, 0.5) is 0 Å². The molecular formula is C19H15ClN2O2S. The average molecular weight is 371 g/mol. The standard InChI is InChI=1S/C19H15ClN2O2S/c1-13-4-9-16-17(12-13)21(23)18(14-5-7-15(20)8-6-14)19(22(16)24)25-10-2-3-11-25/h2-12,25H,1H3. The predicted molar refractivity (Wildman–Crippen MR) is 103 cm³/mol. The summed E-state index contributed by atoms with van der Waals surface area (Å²) in [5.74, 6) is 0. The zero-order valence-electron chi connectivity index (χ0n) is 13.4. The van der Waals surface area contributed by atoms with Crippen molar-refractivity contribution in [2.75, 3.05) is 0 Å². The van der Waals surface area contributed by atoms with Crippen LogP contribution in [0.3, 0.4) is 0 Å². The van der Waals surface area contributed by atoms with Crippen molar-refractivity contribution in [2.24, 2.45) is 0 Å². The number of aryl methyl sites for hydroxylation is 1. The number of rotatable bonds is 2. The Hall–Kier alpha value is -2.50. The summed E-state index contributed by atoms with van der Waals surface area (Å²) in [6.45, 7) is 1.90. The van der Waals surface area contributed by atoms with Gasteiger partial charge in [0.2, 0.25) is 0 Å². The van der Waals surface area contributed by atoms with Crippen molar-refractivity contribution < 1.29 is 9.46 Å². The maximum absolute atomic E-state index is 13.2. The molecule has 2 aromatic carbocycles. The van der Waals surface area contributed by atoms with Crippen LogP contribution in [0.15, 0.2) is 70.5 Å². The van der Waals surface area contributed by atoms with E-state index in [1.807, 2.05) is 36.0 Å². The third-order valence-electron chi connectivity index (χ3n) is 4.14. The molecule has 0 atom stereocenters. The molecule has 126 valence electrons. The van der Waals surface area contributed by atoms with Gasteiger partial charge in [-0.3, -0.25) is 0 Å². The van der Waals surface area contributed by atoms with Gasteiger partial charge in [0, 0.05) is 17.2 Å². The summed E-state index contributed by atoms with van der Waals surface area (Å²) in [6.07, 6.45) is 3.82. The number of aromatic nitrogens is 2. The van der Waals surface area contributed by atoms with Gasteiger partial charge in [-0.25, -0.2) is 0 Å². The number of halogens is 1. The molecule has 2 heterocycles. The Bertz CT molecular complexity index is 1030. The summed E-state index contributed by atoms with van der Waals surface area (Å²) >= 11 is 5.98. The highest BCUT2D eigenvalue weighted by Gasteiger charge is 2.32. The van der Waals surface area contributed by atoms with Crippen molar-refractivity contribution >= 4 is 33.5 Å². The van der Waals surface area contributed by atoms with Gasteiger partial charge >= 0.3 is 10.7 Å². The van der Waals surface area contributed by atoms with E-state index in [1.165, 1.54) is 0 Å². The van der Waals surface area contributed by atoms with Crippen LogP contribution in [-0.2, 0) is 0 Å². The first-order valence-electron chi connectivity index (χ1n) is 7.75. The van der Waals surface area contributed by atoms with Gasteiger partial charge in [0.25, 0.3) is 11.0 Å². The topological polar surface area (TPSA) is 53.9 Å². The number of fused-ring (bicyclic) bond motifs is 1. The lowest BCUT2D eigenvalue weighted by Gasteiger charge is -2.17. The molecule has 0 amide bonds. The second-order valence-electron chi connectivity index (χ2n) is 5.85. The van der Waals surface area contributed by atoms with Crippen molar-refractivity contribution in [3.8, 4) is 11.3 Å². The van der Waals surface area contributed by atoms with Crippen molar-refractivity contribution in [1.29, 1.82) is 0 Å². The van der Waals surface area contributed by atoms with E-state index >= 15 is 0 Å². The summed E-state index contributed by atoms with van der Waals surface area (Å²) < 4.78 is 1.77. The molecule has 1 aliphatic heterocycles. The van der Waals surface area contributed by atoms with E-state index in [9.17, 15) is 10.4 Å². The lowest BCUT2D eigenvalue weighted by molar-refractivity contribution is -0.653. The first-order chi connectivity index (χ1) is 12.1. The summed E-state index contributed by atoms with van der Waals surface area (Å²) in [6, 6.07) is 12.3. The lowest BCUT2D eigenvalue weighted by atomic mass is 10.1. The summed E-state index contributed by atoms with van der Waals surface area (Å²) in [7, 11) is -0.975.